The molecular weight excluding hydrogens is 260 g/mol. The number of hydrogen-bond acceptors (Lipinski definition) is 3. The van der Waals surface area contributed by atoms with Crippen LogP contribution in [0.15, 0.2) is 48.5 Å². The van der Waals surface area contributed by atoms with Crippen molar-refractivity contribution in [1.82, 2.24) is 0 Å². The van der Waals surface area contributed by atoms with Gasteiger partial charge in [-0.25, -0.2) is 0 Å². The first-order valence-corrected chi connectivity index (χ1v) is 7.38. The van der Waals surface area contributed by atoms with Gasteiger partial charge >= 0.3 is 0 Å². The Morgan fingerprint density at radius 2 is 1.86 bits per heavy atom. The van der Waals surface area contributed by atoms with Crippen molar-refractivity contribution in [2.75, 3.05) is 25.1 Å². The summed E-state index contributed by atoms with van der Waals surface area (Å²) in [6, 6.07) is 16.5. The van der Waals surface area contributed by atoms with Gasteiger partial charge in [0, 0.05) is 25.8 Å². The lowest BCUT2D eigenvalue weighted by Crippen LogP contribution is -2.20. The Kier molecular flexibility index (Phi) is 5.64. The van der Waals surface area contributed by atoms with Gasteiger partial charge in [0.15, 0.2) is 0 Å². The summed E-state index contributed by atoms with van der Waals surface area (Å²) in [5.74, 6) is 0.908. The van der Waals surface area contributed by atoms with Crippen LogP contribution in [0.5, 0.6) is 5.75 Å². The predicted molar refractivity (Wildman–Crippen MR) is 88.9 cm³/mol. The second-order valence-electron chi connectivity index (χ2n) is 5.31. The summed E-state index contributed by atoms with van der Waals surface area (Å²) in [5.41, 5.74) is 9.24. The zero-order valence-electron chi connectivity index (χ0n) is 12.9. The summed E-state index contributed by atoms with van der Waals surface area (Å²) in [4.78, 5) is 2.26. The fraction of sp³-hybridized carbons (Fsp3) is 0.333. The molecule has 0 unspecified atom stereocenters. The van der Waals surface area contributed by atoms with Crippen LogP contribution < -0.4 is 15.4 Å². The van der Waals surface area contributed by atoms with E-state index in [2.05, 4.69) is 43.1 Å². The molecule has 2 rings (SSSR count). The summed E-state index contributed by atoms with van der Waals surface area (Å²) in [6.07, 6.45) is 0.989. The second kappa shape index (κ2) is 7.70. The van der Waals surface area contributed by atoms with Crippen LogP contribution >= 0.6 is 0 Å². The van der Waals surface area contributed by atoms with Gasteiger partial charge in [-0.15, -0.1) is 0 Å². The maximum atomic E-state index is 5.75. The topological polar surface area (TPSA) is 38.5 Å². The van der Waals surface area contributed by atoms with E-state index in [1.807, 2.05) is 24.3 Å². The molecule has 0 aromatic heterocycles. The van der Waals surface area contributed by atoms with Gasteiger partial charge in [-0.05, 0) is 48.7 Å². The molecule has 0 aliphatic carbocycles. The van der Waals surface area contributed by atoms with E-state index in [1.54, 1.807) is 0 Å². The van der Waals surface area contributed by atoms with E-state index in [-0.39, 0.29) is 0 Å². The standard InChI is InChI=1S/C18H24N2O/c1-15-5-3-6-17(13-15)20(2)11-4-12-21-18-9-7-16(14-19)8-10-18/h3,5-10,13H,4,11-12,14,19H2,1-2H3. The Bertz CT molecular complexity index is 551. The summed E-state index contributed by atoms with van der Waals surface area (Å²) < 4.78 is 5.75. The zero-order valence-corrected chi connectivity index (χ0v) is 12.9. The Hall–Kier alpha value is -2.00. The van der Waals surface area contributed by atoms with Crippen LogP contribution in [0.4, 0.5) is 5.69 Å². The minimum Gasteiger partial charge on any atom is -0.494 e. The van der Waals surface area contributed by atoms with Gasteiger partial charge in [0.25, 0.3) is 0 Å². The maximum Gasteiger partial charge on any atom is 0.119 e. The van der Waals surface area contributed by atoms with Crippen LogP contribution in [0.3, 0.4) is 0 Å². The lowest BCUT2D eigenvalue weighted by Gasteiger charge is -2.19. The summed E-state index contributed by atoms with van der Waals surface area (Å²) >= 11 is 0. The number of ether oxygens (including phenoxy) is 1. The number of rotatable bonds is 7. The lowest BCUT2D eigenvalue weighted by atomic mass is 10.2. The average Bonchev–Trinajstić information content (AvgIpc) is 2.52. The molecule has 0 heterocycles. The number of benzene rings is 2. The van der Waals surface area contributed by atoms with E-state index in [0.717, 1.165) is 30.9 Å². The van der Waals surface area contributed by atoms with Crippen molar-refractivity contribution in [3.63, 3.8) is 0 Å². The highest BCUT2D eigenvalue weighted by Gasteiger charge is 2.01. The Balaban J connectivity index is 1.73. The monoisotopic (exact) mass is 284 g/mol. The van der Waals surface area contributed by atoms with Crippen LogP contribution in [0, 0.1) is 6.92 Å². The van der Waals surface area contributed by atoms with Gasteiger partial charge in [0.2, 0.25) is 0 Å². The van der Waals surface area contributed by atoms with Crippen LogP contribution in [0.2, 0.25) is 0 Å². The minimum atomic E-state index is 0.571. The summed E-state index contributed by atoms with van der Waals surface area (Å²) in [5, 5.41) is 0. The van der Waals surface area contributed by atoms with Gasteiger partial charge in [-0.3, -0.25) is 0 Å². The summed E-state index contributed by atoms with van der Waals surface area (Å²) in [7, 11) is 2.12. The van der Waals surface area contributed by atoms with E-state index >= 15 is 0 Å². The molecule has 3 heteroatoms. The molecule has 0 aliphatic heterocycles. The molecule has 0 saturated heterocycles. The van der Waals surface area contributed by atoms with Crippen molar-refractivity contribution < 1.29 is 4.74 Å². The van der Waals surface area contributed by atoms with Crippen molar-refractivity contribution in [2.24, 2.45) is 5.73 Å². The SMILES string of the molecule is Cc1cccc(N(C)CCCOc2ccc(CN)cc2)c1. The van der Waals surface area contributed by atoms with Gasteiger partial charge in [0.05, 0.1) is 6.61 Å². The predicted octanol–water partition coefficient (Wildman–Crippen LogP) is 3.36. The van der Waals surface area contributed by atoms with E-state index in [1.165, 1.54) is 11.3 Å². The third-order valence-corrected chi connectivity index (χ3v) is 3.51. The normalized spacial score (nSPS) is 10.4. The number of hydrogen-bond donors (Lipinski definition) is 1. The molecular formula is C18H24N2O. The van der Waals surface area contributed by atoms with Crippen molar-refractivity contribution in [1.29, 1.82) is 0 Å². The second-order valence-corrected chi connectivity index (χ2v) is 5.31. The van der Waals surface area contributed by atoms with Gasteiger partial charge in [-0.2, -0.15) is 0 Å². The molecule has 2 aromatic carbocycles. The molecule has 3 nitrogen and oxygen atoms in total. The molecule has 0 amide bonds. The molecule has 2 N–H and O–H groups in total. The minimum absolute atomic E-state index is 0.571. The van der Waals surface area contributed by atoms with Crippen LogP contribution in [-0.4, -0.2) is 20.2 Å². The van der Waals surface area contributed by atoms with Crippen molar-refractivity contribution in [3.05, 3.63) is 59.7 Å². The van der Waals surface area contributed by atoms with E-state index < -0.39 is 0 Å². The largest absolute Gasteiger partial charge is 0.494 e. The fourth-order valence-corrected chi connectivity index (χ4v) is 2.21. The third kappa shape index (κ3) is 4.80. The molecule has 0 bridgehead atoms. The van der Waals surface area contributed by atoms with Crippen LogP contribution in [0.25, 0.3) is 0 Å². The highest BCUT2D eigenvalue weighted by Crippen LogP contribution is 2.15. The average molecular weight is 284 g/mol. The van der Waals surface area contributed by atoms with Crippen LogP contribution in [-0.2, 0) is 6.54 Å². The van der Waals surface area contributed by atoms with Crippen molar-refractivity contribution >= 4 is 5.69 Å². The van der Waals surface area contributed by atoms with Crippen LogP contribution in [0.1, 0.15) is 17.5 Å². The molecule has 0 saturated carbocycles. The smallest absolute Gasteiger partial charge is 0.119 e. The molecule has 0 spiro atoms. The fourth-order valence-electron chi connectivity index (χ4n) is 2.21. The van der Waals surface area contributed by atoms with Gasteiger partial charge < -0.3 is 15.4 Å². The van der Waals surface area contributed by atoms with Crippen molar-refractivity contribution in [2.45, 2.75) is 19.9 Å². The van der Waals surface area contributed by atoms with Gasteiger partial charge in [0.1, 0.15) is 5.75 Å². The highest BCUT2D eigenvalue weighted by atomic mass is 16.5. The first-order valence-electron chi connectivity index (χ1n) is 7.38. The zero-order chi connectivity index (χ0) is 15.1. The van der Waals surface area contributed by atoms with Gasteiger partial charge in [-0.1, -0.05) is 24.3 Å². The molecule has 0 aliphatic rings. The molecule has 0 radical (unpaired) electrons. The Morgan fingerprint density at radius 3 is 2.52 bits per heavy atom. The first kappa shape index (κ1) is 15.4. The maximum absolute atomic E-state index is 5.75. The van der Waals surface area contributed by atoms with E-state index in [4.69, 9.17) is 10.5 Å². The Labute approximate surface area is 127 Å². The molecule has 0 atom stereocenters. The summed E-state index contributed by atoms with van der Waals surface area (Å²) in [6.45, 7) is 4.38. The number of nitrogens with zero attached hydrogens (tertiary/aromatic N) is 1. The van der Waals surface area contributed by atoms with Crippen molar-refractivity contribution in [3.8, 4) is 5.75 Å². The number of nitrogens with two attached hydrogens (primary N) is 1. The lowest BCUT2D eigenvalue weighted by molar-refractivity contribution is 0.312. The highest BCUT2D eigenvalue weighted by molar-refractivity contribution is 5.47. The first-order chi connectivity index (χ1) is 10.2. The third-order valence-electron chi connectivity index (χ3n) is 3.51. The molecule has 2 aromatic rings. The molecule has 112 valence electrons. The number of aryl methyl sites for hydroxylation is 1. The van der Waals surface area contributed by atoms with E-state index in [0.29, 0.717) is 6.54 Å². The quantitative estimate of drug-likeness (QED) is 0.792. The number of anilines is 1. The van der Waals surface area contributed by atoms with E-state index in [9.17, 15) is 0 Å². The molecule has 0 fully saturated rings. The molecule has 21 heavy (non-hydrogen) atoms. The Morgan fingerprint density at radius 1 is 1.10 bits per heavy atom.